The number of hydrogen-bond acceptors (Lipinski definition) is 6. The van der Waals surface area contributed by atoms with E-state index in [-0.39, 0.29) is 5.91 Å². The molecule has 1 amide bonds. The smallest absolute Gasteiger partial charge is 0.263 e. The van der Waals surface area contributed by atoms with E-state index in [1.807, 2.05) is 44.2 Å². The normalized spacial score (nSPS) is 11.0. The SMILES string of the molecule is CCOc1ccc2nc(N(Cc3cccnc3)C(=O)c3cc(C)oc3C)sc2c1. The number of thiazole rings is 1. The molecule has 0 unspecified atom stereocenters. The molecule has 29 heavy (non-hydrogen) atoms. The van der Waals surface area contributed by atoms with Crippen LogP contribution in [-0.2, 0) is 6.54 Å². The molecule has 3 aromatic heterocycles. The molecule has 0 atom stereocenters. The molecule has 1 aromatic carbocycles. The van der Waals surface area contributed by atoms with Gasteiger partial charge in [-0.1, -0.05) is 17.4 Å². The predicted molar refractivity (Wildman–Crippen MR) is 114 cm³/mol. The van der Waals surface area contributed by atoms with E-state index in [0.717, 1.165) is 21.5 Å². The summed E-state index contributed by atoms with van der Waals surface area (Å²) in [5.74, 6) is 1.95. The summed E-state index contributed by atoms with van der Waals surface area (Å²) in [4.78, 5) is 24.0. The molecule has 4 aromatic rings. The highest BCUT2D eigenvalue weighted by Gasteiger charge is 2.25. The van der Waals surface area contributed by atoms with Gasteiger partial charge in [0.1, 0.15) is 17.3 Å². The number of anilines is 1. The third kappa shape index (κ3) is 4.00. The van der Waals surface area contributed by atoms with Gasteiger partial charge >= 0.3 is 0 Å². The molecule has 3 heterocycles. The Bertz CT molecular complexity index is 1150. The standard InChI is InChI=1S/C22H21N3O3S/c1-4-27-17-7-8-19-20(11-17)29-22(24-19)25(13-16-6-5-9-23-12-16)21(26)18-10-14(2)28-15(18)3/h5-12H,4,13H2,1-3H3. The van der Waals surface area contributed by atoms with E-state index in [4.69, 9.17) is 14.1 Å². The van der Waals surface area contributed by atoms with Crippen molar-refractivity contribution < 1.29 is 13.9 Å². The lowest BCUT2D eigenvalue weighted by Crippen LogP contribution is -2.30. The van der Waals surface area contributed by atoms with Gasteiger partial charge in [-0.05, 0) is 56.7 Å². The zero-order valence-electron chi connectivity index (χ0n) is 16.5. The number of nitrogens with zero attached hydrogens (tertiary/aromatic N) is 3. The Morgan fingerprint density at radius 1 is 1.24 bits per heavy atom. The van der Waals surface area contributed by atoms with Gasteiger partial charge in [-0.25, -0.2) is 4.98 Å². The Hall–Kier alpha value is -3.19. The zero-order chi connectivity index (χ0) is 20.4. The number of aryl methyl sites for hydroxylation is 2. The molecule has 4 rings (SSSR count). The molecule has 0 aliphatic carbocycles. The average molecular weight is 407 g/mol. The highest BCUT2D eigenvalue weighted by molar-refractivity contribution is 7.22. The molecule has 0 aliphatic rings. The van der Waals surface area contributed by atoms with Gasteiger partial charge in [0.25, 0.3) is 5.91 Å². The second kappa shape index (κ2) is 8.05. The van der Waals surface area contributed by atoms with Crippen molar-refractivity contribution in [1.29, 1.82) is 0 Å². The number of rotatable bonds is 6. The zero-order valence-corrected chi connectivity index (χ0v) is 17.3. The van der Waals surface area contributed by atoms with Crippen molar-refractivity contribution in [1.82, 2.24) is 9.97 Å². The van der Waals surface area contributed by atoms with Crippen molar-refractivity contribution in [3.05, 3.63) is 71.4 Å². The van der Waals surface area contributed by atoms with Gasteiger partial charge in [-0.3, -0.25) is 14.7 Å². The van der Waals surface area contributed by atoms with Gasteiger partial charge in [0.2, 0.25) is 0 Å². The third-order valence-corrected chi connectivity index (χ3v) is 5.51. The van der Waals surface area contributed by atoms with Crippen LogP contribution in [0.5, 0.6) is 5.75 Å². The fourth-order valence-corrected chi connectivity index (χ4v) is 4.15. The van der Waals surface area contributed by atoms with Crippen molar-refractivity contribution in [2.75, 3.05) is 11.5 Å². The number of amides is 1. The fraction of sp³-hybridized carbons (Fsp3) is 0.227. The number of pyridine rings is 1. The van der Waals surface area contributed by atoms with Crippen molar-refractivity contribution >= 4 is 32.6 Å². The van der Waals surface area contributed by atoms with Crippen molar-refractivity contribution in [2.45, 2.75) is 27.3 Å². The molecule has 0 aliphatic heterocycles. The highest BCUT2D eigenvalue weighted by atomic mass is 32.1. The van der Waals surface area contributed by atoms with Crippen LogP contribution < -0.4 is 9.64 Å². The number of hydrogen-bond donors (Lipinski definition) is 0. The molecular weight excluding hydrogens is 386 g/mol. The van der Waals surface area contributed by atoms with E-state index in [0.29, 0.717) is 35.4 Å². The summed E-state index contributed by atoms with van der Waals surface area (Å²) in [7, 11) is 0. The second-order valence-corrected chi connectivity index (χ2v) is 7.65. The quantitative estimate of drug-likeness (QED) is 0.442. The number of benzene rings is 1. The van der Waals surface area contributed by atoms with Gasteiger partial charge in [0, 0.05) is 12.4 Å². The number of aromatic nitrogens is 2. The number of fused-ring (bicyclic) bond motifs is 1. The lowest BCUT2D eigenvalue weighted by Gasteiger charge is -2.19. The van der Waals surface area contributed by atoms with Crippen molar-refractivity contribution in [2.24, 2.45) is 0 Å². The maximum atomic E-state index is 13.4. The van der Waals surface area contributed by atoms with E-state index in [9.17, 15) is 4.79 Å². The minimum absolute atomic E-state index is 0.146. The first kappa shape index (κ1) is 19.1. The minimum Gasteiger partial charge on any atom is -0.494 e. The van der Waals surface area contributed by atoms with Crippen LogP contribution in [-0.4, -0.2) is 22.5 Å². The first-order valence-electron chi connectivity index (χ1n) is 9.36. The average Bonchev–Trinajstić information content (AvgIpc) is 3.28. The summed E-state index contributed by atoms with van der Waals surface area (Å²) in [6, 6.07) is 11.3. The van der Waals surface area contributed by atoms with E-state index >= 15 is 0 Å². The van der Waals surface area contributed by atoms with Crippen LogP contribution in [0.15, 0.2) is 53.2 Å². The Morgan fingerprint density at radius 2 is 2.10 bits per heavy atom. The molecule has 0 radical (unpaired) electrons. The Kier molecular flexibility index (Phi) is 5.31. The summed E-state index contributed by atoms with van der Waals surface area (Å²) in [5.41, 5.74) is 2.30. The van der Waals surface area contributed by atoms with Crippen LogP contribution in [0.1, 0.15) is 34.4 Å². The fourth-order valence-electron chi connectivity index (χ4n) is 3.15. The first-order chi connectivity index (χ1) is 14.0. The maximum Gasteiger partial charge on any atom is 0.263 e. The van der Waals surface area contributed by atoms with Crippen LogP contribution in [0.3, 0.4) is 0 Å². The summed E-state index contributed by atoms with van der Waals surface area (Å²) < 4.78 is 12.1. The molecule has 7 heteroatoms. The number of furan rings is 1. The Morgan fingerprint density at radius 3 is 2.79 bits per heavy atom. The molecule has 6 nitrogen and oxygen atoms in total. The summed E-state index contributed by atoms with van der Waals surface area (Å²) in [6.45, 7) is 6.56. The predicted octanol–water partition coefficient (Wildman–Crippen LogP) is 5.15. The van der Waals surface area contributed by atoms with E-state index in [1.54, 1.807) is 30.3 Å². The number of carbonyl (C=O) groups is 1. The summed E-state index contributed by atoms with van der Waals surface area (Å²) in [5, 5.41) is 0.626. The second-order valence-electron chi connectivity index (χ2n) is 6.64. The van der Waals surface area contributed by atoms with Crippen LogP contribution in [0.4, 0.5) is 5.13 Å². The largest absolute Gasteiger partial charge is 0.494 e. The molecular formula is C22H21N3O3S. The van der Waals surface area contributed by atoms with Crippen molar-refractivity contribution in [3.8, 4) is 5.75 Å². The van der Waals surface area contributed by atoms with Gasteiger partial charge < -0.3 is 9.15 Å². The van der Waals surface area contributed by atoms with Crippen LogP contribution in [0.25, 0.3) is 10.2 Å². The van der Waals surface area contributed by atoms with Gasteiger partial charge in [-0.2, -0.15) is 0 Å². The van der Waals surface area contributed by atoms with Gasteiger partial charge in [-0.15, -0.1) is 0 Å². The van der Waals surface area contributed by atoms with Crippen molar-refractivity contribution in [3.63, 3.8) is 0 Å². The number of ether oxygens (including phenoxy) is 1. The molecule has 0 fully saturated rings. The minimum atomic E-state index is -0.146. The summed E-state index contributed by atoms with van der Waals surface area (Å²) in [6.07, 6.45) is 3.47. The topological polar surface area (TPSA) is 68.5 Å². The van der Waals surface area contributed by atoms with Crippen LogP contribution in [0.2, 0.25) is 0 Å². The first-order valence-corrected chi connectivity index (χ1v) is 10.2. The van der Waals surface area contributed by atoms with Crippen LogP contribution in [0, 0.1) is 13.8 Å². The lowest BCUT2D eigenvalue weighted by molar-refractivity contribution is 0.0983. The third-order valence-electron chi connectivity index (χ3n) is 4.47. The molecule has 148 valence electrons. The Balaban J connectivity index is 1.76. The maximum absolute atomic E-state index is 13.4. The van der Waals surface area contributed by atoms with E-state index in [1.165, 1.54) is 11.3 Å². The molecule has 0 spiro atoms. The number of carbonyl (C=O) groups excluding carboxylic acids is 1. The highest BCUT2D eigenvalue weighted by Crippen LogP contribution is 2.33. The molecule has 0 bridgehead atoms. The van der Waals surface area contributed by atoms with E-state index in [2.05, 4.69) is 4.98 Å². The Labute approximate surface area is 172 Å². The molecule has 0 N–H and O–H groups in total. The molecule has 0 saturated carbocycles. The van der Waals surface area contributed by atoms with Gasteiger partial charge in [0.05, 0.1) is 28.9 Å². The van der Waals surface area contributed by atoms with E-state index < -0.39 is 0 Å². The monoisotopic (exact) mass is 407 g/mol. The molecule has 0 saturated heterocycles. The van der Waals surface area contributed by atoms with Crippen LogP contribution >= 0.6 is 11.3 Å². The lowest BCUT2D eigenvalue weighted by atomic mass is 10.2. The van der Waals surface area contributed by atoms with Gasteiger partial charge in [0.15, 0.2) is 5.13 Å². The summed E-state index contributed by atoms with van der Waals surface area (Å²) >= 11 is 1.46.